The summed E-state index contributed by atoms with van der Waals surface area (Å²) in [7, 11) is 0. The maximum Gasteiger partial charge on any atom is 0.368 e. The lowest BCUT2D eigenvalue weighted by Gasteiger charge is -2.29. The molecule has 0 aromatic heterocycles. The molecule has 3 rings (SSSR count). The average molecular weight is 372 g/mol. The van der Waals surface area contributed by atoms with Crippen molar-refractivity contribution in [1.82, 2.24) is 20.8 Å². The Morgan fingerprint density at radius 1 is 1.54 bits per heavy atom. The Morgan fingerprint density at radius 3 is 2.96 bits per heavy atom. The van der Waals surface area contributed by atoms with Crippen LogP contribution >= 0.6 is 0 Å². The third-order valence-corrected chi connectivity index (χ3v) is 4.59. The second-order valence-electron chi connectivity index (χ2n) is 6.47. The van der Waals surface area contributed by atoms with Gasteiger partial charge >= 0.3 is 18.4 Å². The molecule has 26 heavy (non-hydrogen) atoms. The number of carboxylic acid groups (broad SMARTS) is 1. The molecule has 2 bridgehead atoms. The predicted octanol–water partition coefficient (Wildman–Crippen LogP) is -0.467. The summed E-state index contributed by atoms with van der Waals surface area (Å²) in [5, 5.41) is 12.5. The molecule has 0 aromatic rings. The fourth-order valence-electron chi connectivity index (χ4n) is 3.38. The number of urea groups is 1. The van der Waals surface area contributed by atoms with Gasteiger partial charge < -0.3 is 15.3 Å². The first-order valence-electron chi connectivity index (χ1n) is 8.35. The minimum Gasteiger partial charge on any atom is -0.477 e. The standard InChI is InChI=1S/C15H21FN4O6/c1-8-5-10-6-19(15(24)20(10)26-12(16)14(22)23)11(8)13(21)18-25-7-9-3-2-4-17-9/h5,9-12,17H,2-4,6-7H2,1H3,(H,18,21)(H,22,23)/t9?,10-,11+,12-/m1/s1. The van der Waals surface area contributed by atoms with Crippen LogP contribution in [0.25, 0.3) is 0 Å². The molecule has 3 heterocycles. The summed E-state index contributed by atoms with van der Waals surface area (Å²) in [5.41, 5.74) is 2.91. The number of rotatable bonds is 7. The highest BCUT2D eigenvalue weighted by atomic mass is 19.1. The Labute approximate surface area is 148 Å². The van der Waals surface area contributed by atoms with E-state index in [0.717, 1.165) is 19.4 Å². The van der Waals surface area contributed by atoms with Crippen molar-refractivity contribution in [2.45, 2.75) is 44.2 Å². The molecule has 0 radical (unpaired) electrons. The smallest absolute Gasteiger partial charge is 0.368 e. The molecule has 11 heteroatoms. The molecular formula is C15H21FN4O6. The highest BCUT2D eigenvalue weighted by Crippen LogP contribution is 2.30. The number of amides is 3. The molecule has 3 aliphatic heterocycles. The minimum atomic E-state index is -2.66. The molecule has 144 valence electrons. The van der Waals surface area contributed by atoms with Gasteiger partial charge in [0.05, 0.1) is 19.2 Å². The van der Waals surface area contributed by atoms with Gasteiger partial charge in [-0.3, -0.25) is 9.63 Å². The second-order valence-corrected chi connectivity index (χ2v) is 6.47. The Bertz CT molecular complexity index is 623. The Hall–Kier alpha value is -2.24. The summed E-state index contributed by atoms with van der Waals surface area (Å²) < 4.78 is 13.3. The summed E-state index contributed by atoms with van der Waals surface area (Å²) >= 11 is 0. The van der Waals surface area contributed by atoms with Crippen molar-refractivity contribution < 1.29 is 33.6 Å². The van der Waals surface area contributed by atoms with Crippen LogP contribution in [0.5, 0.6) is 0 Å². The highest BCUT2D eigenvalue weighted by Gasteiger charge is 2.48. The molecule has 3 N–H and O–H groups in total. The van der Waals surface area contributed by atoms with Crippen LogP contribution < -0.4 is 10.8 Å². The van der Waals surface area contributed by atoms with Crippen LogP contribution in [0.4, 0.5) is 9.18 Å². The van der Waals surface area contributed by atoms with Crippen molar-refractivity contribution in [3.8, 4) is 0 Å². The molecule has 10 nitrogen and oxygen atoms in total. The number of halogens is 1. The van der Waals surface area contributed by atoms with Gasteiger partial charge in [0.1, 0.15) is 6.04 Å². The lowest BCUT2D eigenvalue weighted by Crippen LogP contribution is -2.50. The van der Waals surface area contributed by atoms with Crippen LogP contribution in [0, 0.1) is 0 Å². The Kier molecular flexibility index (Phi) is 5.39. The normalized spacial score (nSPS) is 28.9. The van der Waals surface area contributed by atoms with Crippen molar-refractivity contribution in [3.63, 3.8) is 0 Å². The maximum atomic E-state index is 13.3. The van der Waals surface area contributed by atoms with Gasteiger partial charge in [0, 0.05) is 6.04 Å². The van der Waals surface area contributed by atoms with Crippen molar-refractivity contribution in [1.29, 1.82) is 0 Å². The van der Waals surface area contributed by atoms with Gasteiger partial charge in [-0.2, -0.15) is 5.06 Å². The molecular weight excluding hydrogens is 351 g/mol. The van der Waals surface area contributed by atoms with Crippen molar-refractivity contribution >= 4 is 17.9 Å². The molecule has 2 fully saturated rings. The summed E-state index contributed by atoms with van der Waals surface area (Å²) in [6.07, 6.45) is 0.934. The number of hydroxylamine groups is 3. The first-order valence-corrected chi connectivity index (χ1v) is 8.35. The van der Waals surface area contributed by atoms with Gasteiger partial charge in [0.25, 0.3) is 5.91 Å². The van der Waals surface area contributed by atoms with E-state index in [1.807, 2.05) is 0 Å². The maximum absolute atomic E-state index is 13.3. The number of fused-ring (bicyclic) bond motifs is 2. The number of hydrogen-bond donors (Lipinski definition) is 3. The van der Waals surface area contributed by atoms with Crippen molar-refractivity contribution in [2.75, 3.05) is 19.7 Å². The van der Waals surface area contributed by atoms with Gasteiger partial charge in [0.15, 0.2) is 0 Å². The first-order chi connectivity index (χ1) is 12.4. The summed E-state index contributed by atoms with van der Waals surface area (Å²) in [6.45, 7) is 2.97. The van der Waals surface area contributed by atoms with Crippen LogP contribution in [0.15, 0.2) is 11.6 Å². The number of nitrogens with zero attached hydrogens (tertiary/aromatic N) is 2. The van der Waals surface area contributed by atoms with E-state index in [1.165, 1.54) is 4.90 Å². The van der Waals surface area contributed by atoms with Crippen LogP contribution in [0.2, 0.25) is 0 Å². The molecule has 0 spiro atoms. The molecule has 0 aliphatic carbocycles. The van der Waals surface area contributed by atoms with E-state index in [0.29, 0.717) is 17.2 Å². The number of nitrogens with one attached hydrogen (secondary N) is 2. The van der Waals surface area contributed by atoms with Crippen LogP contribution in [-0.4, -0.2) is 77.2 Å². The quantitative estimate of drug-likeness (QED) is 0.408. The van der Waals surface area contributed by atoms with E-state index >= 15 is 0 Å². The highest BCUT2D eigenvalue weighted by molar-refractivity contribution is 5.91. The largest absolute Gasteiger partial charge is 0.477 e. The number of aliphatic carboxylic acids is 1. The second kappa shape index (κ2) is 7.56. The number of carboxylic acids is 1. The van der Waals surface area contributed by atoms with Gasteiger partial charge in [-0.15, -0.1) is 0 Å². The van der Waals surface area contributed by atoms with Gasteiger partial charge in [-0.05, 0) is 31.9 Å². The van der Waals surface area contributed by atoms with E-state index in [9.17, 15) is 18.8 Å². The predicted molar refractivity (Wildman–Crippen MR) is 84.0 cm³/mol. The van der Waals surface area contributed by atoms with E-state index < -0.39 is 36.3 Å². The van der Waals surface area contributed by atoms with Crippen LogP contribution in [0.3, 0.4) is 0 Å². The van der Waals surface area contributed by atoms with Gasteiger partial charge in [-0.1, -0.05) is 6.08 Å². The molecule has 0 saturated carbocycles. The zero-order valence-corrected chi connectivity index (χ0v) is 14.2. The minimum absolute atomic E-state index is 0.0881. The monoisotopic (exact) mass is 372 g/mol. The lowest BCUT2D eigenvalue weighted by molar-refractivity contribution is -0.219. The molecule has 4 atom stereocenters. The van der Waals surface area contributed by atoms with Crippen molar-refractivity contribution in [2.24, 2.45) is 0 Å². The van der Waals surface area contributed by atoms with Crippen LogP contribution in [-0.2, 0) is 19.3 Å². The summed E-state index contributed by atoms with van der Waals surface area (Å²) in [5.74, 6) is -2.36. The van der Waals surface area contributed by atoms with E-state index in [1.54, 1.807) is 13.0 Å². The Morgan fingerprint density at radius 2 is 2.31 bits per heavy atom. The van der Waals surface area contributed by atoms with Gasteiger partial charge in [-0.25, -0.2) is 24.3 Å². The number of carbonyl (C=O) groups is 3. The summed E-state index contributed by atoms with van der Waals surface area (Å²) in [4.78, 5) is 46.4. The molecule has 3 amide bonds. The third kappa shape index (κ3) is 3.64. The number of alkyl halides is 1. The first kappa shape index (κ1) is 18.5. The van der Waals surface area contributed by atoms with Crippen LogP contribution in [0.1, 0.15) is 19.8 Å². The van der Waals surface area contributed by atoms with E-state index in [2.05, 4.69) is 15.6 Å². The third-order valence-electron chi connectivity index (χ3n) is 4.59. The summed E-state index contributed by atoms with van der Waals surface area (Å²) in [6, 6.07) is -2.18. The molecule has 1 unspecified atom stereocenters. The molecule has 0 aromatic carbocycles. The number of hydrogen-bond acceptors (Lipinski definition) is 6. The lowest BCUT2D eigenvalue weighted by atomic mass is 10.0. The fraction of sp³-hybridized carbons (Fsp3) is 0.667. The molecule has 2 saturated heterocycles. The van der Waals surface area contributed by atoms with E-state index in [4.69, 9.17) is 9.94 Å². The van der Waals surface area contributed by atoms with Crippen molar-refractivity contribution in [3.05, 3.63) is 11.6 Å². The van der Waals surface area contributed by atoms with Gasteiger partial charge in [0.2, 0.25) is 0 Å². The average Bonchev–Trinajstić information content (AvgIpc) is 3.18. The molecule has 3 aliphatic rings. The Balaban J connectivity index is 1.60. The number of carbonyl (C=O) groups excluding carboxylic acids is 2. The fourth-order valence-corrected chi connectivity index (χ4v) is 3.38. The SMILES string of the molecule is CC1=C[C@@H]2CN(C(=O)N2O[C@@H](F)C(=O)O)[C@@H]1C(=O)NOCC1CCCN1. The zero-order chi connectivity index (χ0) is 18.8. The van der Waals surface area contributed by atoms with E-state index in [-0.39, 0.29) is 12.6 Å². The zero-order valence-electron chi connectivity index (χ0n) is 14.2. The topological polar surface area (TPSA) is 120 Å².